The summed E-state index contributed by atoms with van der Waals surface area (Å²) in [5.41, 5.74) is 9.99. The topological polar surface area (TPSA) is 43.2 Å². The van der Waals surface area contributed by atoms with E-state index in [1.807, 2.05) is 0 Å². The van der Waals surface area contributed by atoms with Crippen LogP contribution in [0, 0.1) is 40.9 Å². The van der Waals surface area contributed by atoms with E-state index in [2.05, 4.69) is 170 Å². The third-order valence-corrected chi connectivity index (χ3v) is 19.1. The molecule has 0 aromatic heterocycles. The number of hydrogen-bond acceptors (Lipinski definition) is 4. The van der Waals surface area contributed by atoms with Gasteiger partial charge in [0.15, 0.2) is 12.2 Å². The van der Waals surface area contributed by atoms with Gasteiger partial charge in [0, 0.05) is 0 Å². The first kappa shape index (κ1) is 42.2. The van der Waals surface area contributed by atoms with Crippen LogP contribution in [0.1, 0.15) is 146 Å². The molecule has 8 aliphatic carbocycles. The Labute approximate surface area is 409 Å². The maximum absolute atomic E-state index is 7.58. The fraction of sp³-hybridized carbons (Fsp3) is 0.415. The molecular formula is C65H66N2O2. The molecule has 69 heavy (non-hydrogen) atoms. The van der Waals surface area contributed by atoms with E-state index in [4.69, 9.17) is 19.5 Å². The average molecular weight is 907 g/mol. The Kier molecular flexibility index (Phi) is 10.2. The van der Waals surface area contributed by atoms with Crippen LogP contribution in [0.25, 0.3) is 0 Å². The quantitative estimate of drug-likeness (QED) is 0.123. The maximum atomic E-state index is 7.58. The van der Waals surface area contributed by atoms with Gasteiger partial charge < -0.3 is 9.47 Å². The number of rotatable bonds is 12. The summed E-state index contributed by atoms with van der Waals surface area (Å²) in [6.07, 6.45) is 17.6. The van der Waals surface area contributed by atoms with Gasteiger partial charge in [-0.15, -0.1) is 0 Å². The van der Waals surface area contributed by atoms with Gasteiger partial charge >= 0.3 is 0 Å². The Hall–Kier alpha value is -5.74. The van der Waals surface area contributed by atoms with E-state index in [9.17, 15) is 0 Å². The van der Waals surface area contributed by atoms with Gasteiger partial charge in [-0.1, -0.05) is 170 Å². The minimum Gasteiger partial charge on any atom is -0.469 e. The van der Waals surface area contributed by atoms with E-state index in [0.717, 1.165) is 69.6 Å². The van der Waals surface area contributed by atoms with Crippen LogP contribution in [0.4, 0.5) is 0 Å². The van der Waals surface area contributed by atoms with Gasteiger partial charge in [0.2, 0.25) is 11.8 Å². The lowest BCUT2D eigenvalue weighted by atomic mass is 9.48. The summed E-state index contributed by atoms with van der Waals surface area (Å²) >= 11 is 0. The molecule has 4 nitrogen and oxygen atoms in total. The van der Waals surface area contributed by atoms with E-state index in [-0.39, 0.29) is 24.3 Å². The van der Waals surface area contributed by atoms with Gasteiger partial charge in [-0.05, 0) is 181 Å². The molecule has 8 saturated carbocycles. The minimum atomic E-state index is -0.864. The third kappa shape index (κ3) is 7.45. The fourth-order valence-electron chi connectivity index (χ4n) is 16.9. The van der Waals surface area contributed by atoms with E-state index in [1.165, 1.54) is 88.2 Å². The van der Waals surface area contributed by atoms with Crippen molar-refractivity contribution in [2.75, 3.05) is 0 Å². The van der Waals surface area contributed by atoms with E-state index >= 15 is 0 Å². The number of ether oxygens (including phenoxy) is 2. The van der Waals surface area contributed by atoms with E-state index in [1.54, 1.807) is 11.1 Å². The van der Waals surface area contributed by atoms with E-state index < -0.39 is 5.41 Å². The van der Waals surface area contributed by atoms with Crippen LogP contribution in [0.2, 0.25) is 0 Å². The molecule has 0 N–H and O–H groups in total. The Bertz CT molecular complexity index is 2580. The molecule has 0 saturated heterocycles. The molecule has 0 unspecified atom stereocenters. The second kappa shape index (κ2) is 16.7. The zero-order valence-corrected chi connectivity index (χ0v) is 40.0. The van der Waals surface area contributed by atoms with Crippen molar-refractivity contribution in [3.8, 4) is 0 Å². The highest BCUT2D eigenvalue weighted by molar-refractivity contribution is 6.07. The SMILES string of the molecule is c1ccc([C@H]2OC(C(Cc3ccc(C45CC6CC(CC(C6)C4)C5)cc3)(Cc3ccc(C45CC6CC(CC(C6)C4)C5)cc3)C3=N[C@@H](c4ccccc4)[C@@H](c4ccccc4)O3)=N[C@H]2c2ccccc2)cc1. The van der Waals surface area contributed by atoms with Crippen LogP contribution >= 0.6 is 0 Å². The molecule has 2 aliphatic heterocycles. The van der Waals surface area contributed by atoms with Gasteiger partial charge in [0.1, 0.15) is 17.5 Å². The summed E-state index contributed by atoms with van der Waals surface area (Å²) in [7, 11) is 0. The van der Waals surface area contributed by atoms with Crippen LogP contribution in [-0.4, -0.2) is 11.8 Å². The summed E-state index contributed by atoms with van der Waals surface area (Å²) < 4.78 is 15.2. The summed E-state index contributed by atoms with van der Waals surface area (Å²) in [6.45, 7) is 0. The van der Waals surface area contributed by atoms with Crippen LogP contribution in [-0.2, 0) is 33.1 Å². The normalized spacial score (nSPS) is 33.7. The number of benzene rings is 6. The highest BCUT2D eigenvalue weighted by Crippen LogP contribution is 2.62. The lowest BCUT2D eigenvalue weighted by molar-refractivity contribution is -0.00531. The predicted molar refractivity (Wildman–Crippen MR) is 276 cm³/mol. The molecule has 4 heteroatoms. The zero-order valence-electron chi connectivity index (χ0n) is 40.0. The molecule has 8 fully saturated rings. The van der Waals surface area contributed by atoms with Crippen LogP contribution in [0.3, 0.4) is 0 Å². The van der Waals surface area contributed by atoms with Crippen molar-refractivity contribution in [1.29, 1.82) is 0 Å². The molecule has 6 aromatic rings. The van der Waals surface area contributed by atoms with Crippen molar-refractivity contribution in [3.63, 3.8) is 0 Å². The summed E-state index contributed by atoms with van der Waals surface area (Å²) in [5.74, 6) is 6.85. The molecule has 0 spiro atoms. The highest BCUT2D eigenvalue weighted by atomic mass is 16.5. The monoisotopic (exact) mass is 907 g/mol. The molecule has 2 heterocycles. The highest BCUT2D eigenvalue weighted by Gasteiger charge is 2.56. The second-order valence-corrected chi connectivity index (χ2v) is 23.7. The van der Waals surface area contributed by atoms with E-state index in [0.29, 0.717) is 23.7 Å². The fourth-order valence-corrected chi connectivity index (χ4v) is 16.9. The predicted octanol–water partition coefficient (Wildman–Crippen LogP) is 15.2. The van der Waals surface area contributed by atoms with Crippen molar-refractivity contribution in [2.24, 2.45) is 50.9 Å². The van der Waals surface area contributed by atoms with Gasteiger partial charge in [-0.25, -0.2) is 9.98 Å². The standard InChI is InChI=1S/C65H66N2O2/c1-5-13-51(14-6-1)57-59(53-17-9-3-10-18-53)68-61(66-57)65(62-67-58(52-15-7-2-8-16-52)60(69-62)54-19-11-4-12-20-54,41-43-21-25-55(26-22-43)63-35-45-29-46(36-63)31-47(30-45)37-63)42-44-23-27-56(28-24-44)64-38-48-32-49(39-64)34-50(33-48)40-64/h1-28,45-50,57-60H,29-42H2/t45?,46?,47?,48?,49?,50?,57-,58-,59+,60+,63?,64?/m0/s1. The lowest BCUT2D eigenvalue weighted by Crippen LogP contribution is -2.48. The molecule has 348 valence electrons. The Morgan fingerprint density at radius 1 is 0.362 bits per heavy atom. The summed E-state index contributed by atoms with van der Waals surface area (Å²) in [4.78, 5) is 11.7. The van der Waals surface area contributed by atoms with Crippen LogP contribution < -0.4 is 0 Å². The molecule has 16 rings (SSSR count). The molecule has 0 amide bonds. The van der Waals surface area contributed by atoms with Crippen LogP contribution in [0.15, 0.2) is 180 Å². The minimum absolute atomic E-state index is 0.239. The summed E-state index contributed by atoms with van der Waals surface area (Å²) in [5, 5.41) is 0. The molecule has 4 atom stereocenters. The van der Waals surface area contributed by atoms with Gasteiger partial charge in [-0.3, -0.25) is 0 Å². The third-order valence-electron chi connectivity index (χ3n) is 19.1. The number of aliphatic imine (C=N–C) groups is 2. The lowest BCUT2D eigenvalue weighted by Gasteiger charge is -2.57. The first-order chi connectivity index (χ1) is 33.9. The molecule has 0 radical (unpaired) electrons. The maximum Gasteiger partial charge on any atom is 0.201 e. The van der Waals surface area contributed by atoms with Crippen molar-refractivity contribution in [3.05, 3.63) is 214 Å². The van der Waals surface area contributed by atoms with Crippen molar-refractivity contribution in [2.45, 2.75) is 125 Å². The van der Waals surface area contributed by atoms with Crippen LogP contribution in [0.5, 0.6) is 0 Å². The molecular weight excluding hydrogens is 841 g/mol. The van der Waals surface area contributed by atoms with Gasteiger partial charge in [0.05, 0.1) is 0 Å². The Balaban J connectivity index is 0.924. The van der Waals surface area contributed by atoms with Crippen molar-refractivity contribution in [1.82, 2.24) is 0 Å². The van der Waals surface area contributed by atoms with Gasteiger partial charge in [-0.2, -0.15) is 0 Å². The van der Waals surface area contributed by atoms with Crippen molar-refractivity contribution >= 4 is 11.8 Å². The average Bonchev–Trinajstić information content (AvgIpc) is 4.05. The first-order valence-corrected chi connectivity index (χ1v) is 26.8. The zero-order chi connectivity index (χ0) is 45.6. The second-order valence-electron chi connectivity index (χ2n) is 23.7. The Morgan fingerprint density at radius 2 is 0.652 bits per heavy atom. The van der Waals surface area contributed by atoms with Crippen molar-refractivity contribution < 1.29 is 9.47 Å². The first-order valence-electron chi connectivity index (χ1n) is 26.8. The smallest absolute Gasteiger partial charge is 0.201 e. The molecule has 6 aromatic carbocycles. The largest absolute Gasteiger partial charge is 0.469 e. The number of hydrogen-bond donors (Lipinski definition) is 0. The molecule has 8 bridgehead atoms. The number of nitrogens with zero attached hydrogens (tertiary/aromatic N) is 2. The van der Waals surface area contributed by atoms with Gasteiger partial charge in [0.25, 0.3) is 0 Å². The molecule has 10 aliphatic rings. The Morgan fingerprint density at radius 3 is 0.957 bits per heavy atom. The summed E-state index contributed by atoms with van der Waals surface area (Å²) in [6, 6.07) is 62.5.